The van der Waals surface area contributed by atoms with Gasteiger partial charge in [-0.15, -0.1) is 11.3 Å². The first-order valence-corrected chi connectivity index (χ1v) is 10.7. The van der Waals surface area contributed by atoms with Gasteiger partial charge >= 0.3 is 0 Å². The van der Waals surface area contributed by atoms with Gasteiger partial charge in [-0.3, -0.25) is 9.79 Å². The number of thiophene rings is 1. The van der Waals surface area contributed by atoms with Gasteiger partial charge < -0.3 is 15.5 Å². The summed E-state index contributed by atoms with van der Waals surface area (Å²) in [6.07, 6.45) is 3.04. The standard InChI is InChI=1S/C20H34N4OS/c1-5-21-20(22-14-16(4)13-18-7-6-12-26-18)23-17-8-10-24(11-9-17)19(25)15(2)3/h6-7,12,15-17H,5,8-11,13-14H2,1-4H3,(H2,21,22,23). The minimum Gasteiger partial charge on any atom is -0.357 e. The van der Waals surface area contributed by atoms with Crippen LogP contribution in [0.5, 0.6) is 0 Å². The zero-order valence-electron chi connectivity index (χ0n) is 16.6. The molecule has 2 N–H and O–H groups in total. The maximum Gasteiger partial charge on any atom is 0.225 e. The van der Waals surface area contributed by atoms with Crippen molar-refractivity contribution in [1.29, 1.82) is 0 Å². The van der Waals surface area contributed by atoms with Gasteiger partial charge in [0.05, 0.1) is 0 Å². The summed E-state index contributed by atoms with van der Waals surface area (Å²) in [7, 11) is 0. The van der Waals surface area contributed by atoms with E-state index in [9.17, 15) is 4.79 Å². The molecule has 0 bridgehead atoms. The second-order valence-electron chi connectivity index (χ2n) is 7.51. The molecule has 1 unspecified atom stereocenters. The summed E-state index contributed by atoms with van der Waals surface area (Å²) in [5.41, 5.74) is 0. The van der Waals surface area contributed by atoms with Gasteiger partial charge in [-0.1, -0.05) is 26.8 Å². The number of hydrogen-bond donors (Lipinski definition) is 2. The van der Waals surface area contributed by atoms with Gasteiger partial charge in [-0.25, -0.2) is 0 Å². The molecule has 1 aromatic heterocycles. The Labute approximate surface area is 162 Å². The number of aliphatic imine (C=N–C) groups is 1. The van der Waals surface area contributed by atoms with Crippen LogP contribution in [0, 0.1) is 11.8 Å². The average molecular weight is 379 g/mol. The number of hydrogen-bond acceptors (Lipinski definition) is 3. The van der Waals surface area contributed by atoms with Gasteiger partial charge in [0.2, 0.25) is 5.91 Å². The highest BCUT2D eigenvalue weighted by molar-refractivity contribution is 7.09. The molecular weight excluding hydrogens is 344 g/mol. The van der Waals surface area contributed by atoms with Crippen molar-refractivity contribution in [3.05, 3.63) is 22.4 Å². The largest absolute Gasteiger partial charge is 0.357 e. The lowest BCUT2D eigenvalue weighted by molar-refractivity contribution is -0.135. The topological polar surface area (TPSA) is 56.7 Å². The normalized spacial score (nSPS) is 17.4. The van der Waals surface area contributed by atoms with Gasteiger partial charge in [-0.05, 0) is 43.6 Å². The van der Waals surface area contributed by atoms with Crippen LogP contribution >= 0.6 is 11.3 Å². The average Bonchev–Trinajstić information content (AvgIpc) is 3.12. The highest BCUT2D eigenvalue weighted by atomic mass is 32.1. The highest BCUT2D eigenvalue weighted by Gasteiger charge is 2.24. The molecule has 1 fully saturated rings. The minimum atomic E-state index is 0.0863. The molecule has 0 aromatic carbocycles. The summed E-state index contributed by atoms with van der Waals surface area (Å²) >= 11 is 1.82. The highest BCUT2D eigenvalue weighted by Crippen LogP contribution is 2.15. The molecule has 1 saturated heterocycles. The maximum absolute atomic E-state index is 12.1. The molecule has 1 aromatic rings. The zero-order valence-corrected chi connectivity index (χ0v) is 17.4. The quantitative estimate of drug-likeness (QED) is 0.566. The predicted molar refractivity (Wildman–Crippen MR) is 111 cm³/mol. The van der Waals surface area contributed by atoms with Crippen LogP contribution in [0.15, 0.2) is 22.5 Å². The van der Waals surface area contributed by atoms with E-state index in [2.05, 4.69) is 42.0 Å². The van der Waals surface area contributed by atoms with Crippen molar-refractivity contribution in [2.75, 3.05) is 26.2 Å². The van der Waals surface area contributed by atoms with E-state index in [0.29, 0.717) is 12.0 Å². The smallest absolute Gasteiger partial charge is 0.225 e. The molecule has 0 aliphatic carbocycles. The van der Waals surface area contributed by atoms with Crippen molar-refractivity contribution in [1.82, 2.24) is 15.5 Å². The monoisotopic (exact) mass is 378 g/mol. The summed E-state index contributed by atoms with van der Waals surface area (Å²) in [5.74, 6) is 1.78. The predicted octanol–water partition coefficient (Wildman–Crippen LogP) is 3.13. The fourth-order valence-corrected chi connectivity index (χ4v) is 4.08. The second-order valence-corrected chi connectivity index (χ2v) is 8.54. The number of carbonyl (C=O) groups excluding carboxylic acids is 1. The number of piperidine rings is 1. The first-order valence-electron chi connectivity index (χ1n) is 9.85. The lowest BCUT2D eigenvalue weighted by Gasteiger charge is -2.34. The van der Waals surface area contributed by atoms with Crippen LogP contribution < -0.4 is 10.6 Å². The molecule has 2 heterocycles. The molecule has 1 amide bonds. The molecule has 1 aliphatic heterocycles. The van der Waals surface area contributed by atoms with E-state index in [1.54, 1.807) is 0 Å². The Balaban J connectivity index is 1.81. The first-order chi connectivity index (χ1) is 12.5. The van der Waals surface area contributed by atoms with E-state index in [-0.39, 0.29) is 11.8 Å². The Bertz CT molecular complexity index is 562. The van der Waals surface area contributed by atoms with Gasteiger partial charge in [0.15, 0.2) is 5.96 Å². The van der Waals surface area contributed by atoms with Crippen LogP contribution in [-0.2, 0) is 11.2 Å². The van der Waals surface area contributed by atoms with Crippen molar-refractivity contribution < 1.29 is 4.79 Å². The Morgan fingerprint density at radius 3 is 2.65 bits per heavy atom. The van der Waals surface area contributed by atoms with Gasteiger partial charge in [0, 0.05) is 43.0 Å². The van der Waals surface area contributed by atoms with E-state index in [4.69, 9.17) is 4.99 Å². The lowest BCUT2D eigenvalue weighted by Crippen LogP contribution is -2.50. The van der Waals surface area contributed by atoms with Crippen molar-refractivity contribution >= 4 is 23.2 Å². The number of guanidine groups is 1. The molecule has 0 radical (unpaired) electrons. The number of rotatable bonds is 7. The fourth-order valence-electron chi connectivity index (χ4n) is 3.21. The minimum absolute atomic E-state index is 0.0863. The Morgan fingerprint density at radius 1 is 1.35 bits per heavy atom. The summed E-state index contributed by atoms with van der Waals surface area (Å²) in [6.45, 7) is 11.6. The van der Waals surface area contributed by atoms with Crippen LogP contribution in [0.4, 0.5) is 0 Å². The maximum atomic E-state index is 12.1. The summed E-state index contributed by atoms with van der Waals surface area (Å²) in [5, 5.41) is 9.05. The van der Waals surface area contributed by atoms with Crippen LogP contribution in [0.25, 0.3) is 0 Å². The summed E-state index contributed by atoms with van der Waals surface area (Å²) in [6, 6.07) is 4.69. The van der Waals surface area contributed by atoms with E-state index in [1.165, 1.54) is 4.88 Å². The molecule has 26 heavy (non-hydrogen) atoms. The van der Waals surface area contributed by atoms with E-state index in [0.717, 1.165) is 51.4 Å². The molecule has 5 nitrogen and oxygen atoms in total. The van der Waals surface area contributed by atoms with Crippen molar-refractivity contribution in [3.63, 3.8) is 0 Å². The molecule has 1 aliphatic rings. The first kappa shape index (κ1) is 20.7. The number of nitrogens with zero attached hydrogens (tertiary/aromatic N) is 2. The van der Waals surface area contributed by atoms with Crippen molar-refractivity contribution in [2.45, 2.75) is 53.0 Å². The van der Waals surface area contributed by atoms with Crippen LogP contribution in [0.3, 0.4) is 0 Å². The molecule has 6 heteroatoms. The lowest BCUT2D eigenvalue weighted by atomic mass is 10.0. The van der Waals surface area contributed by atoms with Gasteiger partial charge in [0.25, 0.3) is 0 Å². The Kier molecular flexibility index (Phi) is 8.42. The van der Waals surface area contributed by atoms with E-state index >= 15 is 0 Å². The van der Waals surface area contributed by atoms with Crippen LogP contribution in [-0.4, -0.2) is 49.0 Å². The third kappa shape index (κ3) is 6.63. The molecule has 2 rings (SSSR count). The third-order valence-electron chi connectivity index (χ3n) is 4.68. The summed E-state index contributed by atoms with van der Waals surface area (Å²) < 4.78 is 0. The summed E-state index contributed by atoms with van der Waals surface area (Å²) in [4.78, 5) is 20.3. The molecular formula is C20H34N4OS. The molecule has 1 atom stereocenters. The number of amides is 1. The Hall–Kier alpha value is -1.56. The fraction of sp³-hybridized carbons (Fsp3) is 0.700. The van der Waals surface area contributed by atoms with Gasteiger partial charge in [-0.2, -0.15) is 0 Å². The Morgan fingerprint density at radius 2 is 2.08 bits per heavy atom. The number of likely N-dealkylation sites (tertiary alicyclic amines) is 1. The van der Waals surface area contributed by atoms with Crippen LogP contribution in [0.1, 0.15) is 45.4 Å². The zero-order chi connectivity index (χ0) is 18.9. The molecule has 0 spiro atoms. The number of carbonyl (C=O) groups is 1. The van der Waals surface area contributed by atoms with E-state index < -0.39 is 0 Å². The van der Waals surface area contributed by atoms with Crippen molar-refractivity contribution in [3.8, 4) is 0 Å². The van der Waals surface area contributed by atoms with Crippen LogP contribution in [0.2, 0.25) is 0 Å². The van der Waals surface area contributed by atoms with Crippen molar-refractivity contribution in [2.24, 2.45) is 16.8 Å². The SMILES string of the molecule is CCNC(=NCC(C)Cc1cccs1)NC1CCN(C(=O)C(C)C)CC1. The molecule has 0 saturated carbocycles. The van der Waals surface area contributed by atoms with Gasteiger partial charge in [0.1, 0.15) is 0 Å². The van der Waals surface area contributed by atoms with E-state index in [1.807, 2.05) is 30.1 Å². The third-order valence-corrected chi connectivity index (χ3v) is 5.58. The second kappa shape index (κ2) is 10.6. The molecule has 146 valence electrons. The number of nitrogens with one attached hydrogen (secondary N) is 2.